The second kappa shape index (κ2) is 10.3. The van der Waals surface area contributed by atoms with Gasteiger partial charge in [-0.1, -0.05) is 18.7 Å². The van der Waals surface area contributed by atoms with Crippen LogP contribution < -0.4 is 4.74 Å². The molecule has 0 bridgehead atoms. The Morgan fingerprint density at radius 1 is 0.933 bits per heavy atom. The van der Waals surface area contributed by atoms with Crippen molar-refractivity contribution in [3.05, 3.63) is 42.2 Å². The van der Waals surface area contributed by atoms with E-state index in [-0.39, 0.29) is 5.82 Å². The molecule has 0 aliphatic heterocycles. The van der Waals surface area contributed by atoms with Crippen LogP contribution in [0, 0.1) is 29.5 Å². The summed E-state index contributed by atoms with van der Waals surface area (Å²) < 4.78 is 25.7. The fraction of sp³-hybridized carbons (Fsp3) is 0.704. The summed E-state index contributed by atoms with van der Waals surface area (Å²) in [5, 5.41) is 0. The Bertz CT molecular complexity index is 694. The SMILES string of the molecule is C=CCOc1ccc(C2CCC(C3CCC4CC(OCC)CCC4C3)CC2)cc1F. The second-order valence-corrected chi connectivity index (χ2v) is 9.88. The van der Waals surface area contributed by atoms with Crippen molar-refractivity contribution in [2.75, 3.05) is 13.2 Å². The molecule has 0 N–H and O–H groups in total. The summed E-state index contributed by atoms with van der Waals surface area (Å²) in [6.45, 7) is 6.95. The maximum atomic E-state index is 14.4. The number of hydrogen-bond donors (Lipinski definition) is 0. The summed E-state index contributed by atoms with van der Waals surface area (Å²) in [5.41, 5.74) is 1.15. The van der Waals surface area contributed by atoms with Crippen LogP contribution in [-0.2, 0) is 4.74 Å². The Hall–Kier alpha value is -1.35. The molecule has 3 aliphatic carbocycles. The summed E-state index contributed by atoms with van der Waals surface area (Å²) in [6.07, 6.45) is 15.4. The second-order valence-electron chi connectivity index (χ2n) is 9.88. The van der Waals surface area contributed by atoms with E-state index >= 15 is 0 Å². The third kappa shape index (κ3) is 5.10. The van der Waals surface area contributed by atoms with Gasteiger partial charge in [0, 0.05) is 6.61 Å². The van der Waals surface area contributed by atoms with E-state index in [2.05, 4.69) is 19.6 Å². The van der Waals surface area contributed by atoms with Crippen LogP contribution in [-0.4, -0.2) is 19.3 Å². The smallest absolute Gasteiger partial charge is 0.165 e. The molecule has 1 aromatic rings. The average Bonchev–Trinajstić information content (AvgIpc) is 2.78. The highest BCUT2D eigenvalue weighted by molar-refractivity contribution is 5.31. The number of rotatable bonds is 7. The molecule has 4 rings (SSSR count). The van der Waals surface area contributed by atoms with Crippen molar-refractivity contribution < 1.29 is 13.9 Å². The highest BCUT2D eigenvalue weighted by atomic mass is 19.1. The maximum absolute atomic E-state index is 14.4. The minimum absolute atomic E-state index is 0.238. The standard InChI is InChI=1S/C27H39FO2/c1-3-15-30-27-14-12-24(18-26(27)28)20-7-5-19(6-8-20)21-9-10-23-17-25(29-4-2)13-11-22(23)16-21/h3,12,14,18-23,25H,1,4-11,13,15-17H2,2H3. The molecule has 0 amide bonds. The molecule has 1 aromatic carbocycles. The zero-order valence-electron chi connectivity index (χ0n) is 18.7. The van der Waals surface area contributed by atoms with Crippen LogP contribution in [0.15, 0.2) is 30.9 Å². The monoisotopic (exact) mass is 414 g/mol. The lowest BCUT2D eigenvalue weighted by Crippen LogP contribution is -2.36. The molecule has 4 unspecified atom stereocenters. The summed E-state index contributed by atoms with van der Waals surface area (Å²) in [5.74, 6) is 4.25. The molecule has 0 spiro atoms. The number of fused-ring (bicyclic) bond motifs is 1. The quantitative estimate of drug-likeness (QED) is 0.436. The van der Waals surface area contributed by atoms with E-state index in [9.17, 15) is 4.39 Å². The lowest BCUT2D eigenvalue weighted by Gasteiger charge is -2.45. The molecule has 3 aliphatic rings. The summed E-state index contributed by atoms with van der Waals surface area (Å²) in [4.78, 5) is 0. The molecule has 166 valence electrons. The topological polar surface area (TPSA) is 18.5 Å². The van der Waals surface area contributed by atoms with Gasteiger partial charge < -0.3 is 9.47 Å². The van der Waals surface area contributed by atoms with Crippen LogP contribution in [0.1, 0.15) is 82.6 Å². The van der Waals surface area contributed by atoms with Gasteiger partial charge in [0.2, 0.25) is 0 Å². The lowest BCUT2D eigenvalue weighted by atomic mass is 9.62. The molecule has 3 saturated carbocycles. The van der Waals surface area contributed by atoms with Crippen LogP contribution in [0.5, 0.6) is 5.75 Å². The molecule has 30 heavy (non-hydrogen) atoms. The van der Waals surface area contributed by atoms with Gasteiger partial charge in [-0.15, -0.1) is 0 Å². The zero-order chi connectivity index (χ0) is 20.9. The summed E-state index contributed by atoms with van der Waals surface area (Å²) in [6, 6.07) is 5.56. The van der Waals surface area contributed by atoms with E-state index in [4.69, 9.17) is 9.47 Å². The largest absolute Gasteiger partial charge is 0.486 e. The molecular formula is C27H39FO2. The van der Waals surface area contributed by atoms with Crippen molar-refractivity contribution in [2.24, 2.45) is 23.7 Å². The minimum atomic E-state index is -0.238. The molecule has 3 fully saturated rings. The van der Waals surface area contributed by atoms with E-state index in [1.54, 1.807) is 18.2 Å². The van der Waals surface area contributed by atoms with Crippen LogP contribution in [0.25, 0.3) is 0 Å². The van der Waals surface area contributed by atoms with Crippen LogP contribution in [0.4, 0.5) is 4.39 Å². The van der Waals surface area contributed by atoms with Gasteiger partial charge in [0.25, 0.3) is 0 Å². The third-order valence-electron chi connectivity index (χ3n) is 8.23. The van der Waals surface area contributed by atoms with Gasteiger partial charge in [-0.3, -0.25) is 0 Å². The van der Waals surface area contributed by atoms with Gasteiger partial charge in [0.15, 0.2) is 11.6 Å². The molecule has 3 heteroatoms. The van der Waals surface area contributed by atoms with E-state index in [0.717, 1.165) is 35.8 Å². The number of hydrogen-bond acceptors (Lipinski definition) is 2. The van der Waals surface area contributed by atoms with Gasteiger partial charge in [0.05, 0.1) is 6.10 Å². The molecular weight excluding hydrogens is 375 g/mol. The Morgan fingerprint density at radius 3 is 2.30 bits per heavy atom. The number of benzene rings is 1. The Balaban J connectivity index is 1.27. The molecule has 4 atom stereocenters. The van der Waals surface area contributed by atoms with Gasteiger partial charge in [-0.05, 0) is 118 Å². The maximum Gasteiger partial charge on any atom is 0.165 e. The van der Waals surface area contributed by atoms with Gasteiger partial charge in [-0.2, -0.15) is 0 Å². The predicted octanol–water partition coefficient (Wildman–Crippen LogP) is 7.29. The Kier molecular flexibility index (Phi) is 7.51. The first-order chi connectivity index (χ1) is 14.7. The average molecular weight is 415 g/mol. The molecule has 0 aromatic heterocycles. The number of halogens is 1. The van der Waals surface area contributed by atoms with Crippen molar-refractivity contribution in [1.82, 2.24) is 0 Å². The van der Waals surface area contributed by atoms with Crippen molar-refractivity contribution in [1.29, 1.82) is 0 Å². The predicted molar refractivity (Wildman–Crippen MR) is 120 cm³/mol. The fourth-order valence-electron chi connectivity index (χ4n) is 6.66. The Morgan fingerprint density at radius 2 is 1.60 bits per heavy atom. The summed E-state index contributed by atoms with van der Waals surface area (Å²) >= 11 is 0. The van der Waals surface area contributed by atoms with Gasteiger partial charge in [0.1, 0.15) is 6.61 Å². The first kappa shape index (κ1) is 21.9. The summed E-state index contributed by atoms with van der Waals surface area (Å²) in [7, 11) is 0. The van der Waals surface area contributed by atoms with Crippen molar-refractivity contribution in [3.8, 4) is 5.75 Å². The van der Waals surface area contributed by atoms with E-state index < -0.39 is 0 Å². The van der Waals surface area contributed by atoms with Gasteiger partial charge >= 0.3 is 0 Å². The van der Waals surface area contributed by atoms with Crippen molar-refractivity contribution in [2.45, 2.75) is 83.2 Å². The van der Waals surface area contributed by atoms with Crippen molar-refractivity contribution >= 4 is 0 Å². The van der Waals surface area contributed by atoms with E-state index in [1.165, 1.54) is 64.2 Å². The lowest BCUT2D eigenvalue weighted by molar-refractivity contribution is -0.0205. The number of ether oxygens (including phenoxy) is 2. The first-order valence-electron chi connectivity index (χ1n) is 12.3. The highest BCUT2D eigenvalue weighted by Gasteiger charge is 2.39. The minimum Gasteiger partial charge on any atom is -0.486 e. The fourth-order valence-corrected chi connectivity index (χ4v) is 6.66. The van der Waals surface area contributed by atoms with E-state index in [0.29, 0.717) is 24.4 Å². The highest BCUT2D eigenvalue weighted by Crippen LogP contribution is 2.49. The van der Waals surface area contributed by atoms with Crippen LogP contribution in [0.3, 0.4) is 0 Å². The molecule has 0 radical (unpaired) electrons. The van der Waals surface area contributed by atoms with Crippen LogP contribution in [0.2, 0.25) is 0 Å². The molecule has 0 saturated heterocycles. The zero-order valence-corrected chi connectivity index (χ0v) is 18.7. The Labute approximate surface area is 182 Å². The van der Waals surface area contributed by atoms with E-state index in [1.807, 2.05) is 0 Å². The van der Waals surface area contributed by atoms with Crippen LogP contribution >= 0.6 is 0 Å². The molecule has 2 nitrogen and oxygen atoms in total. The van der Waals surface area contributed by atoms with Gasteiger partial charge in [-0.25, -0.2) is 4.39 Å². The first-order valence-corrected chi connectivity index (χ1v) is 12.3. The normalized spacial score (nSPS) is 34.2. The third-order valence-corrected chi connectivity index (χ3v) is 8.23. The molecule has 0 heterocycles. The van der Waals surface area contributed by atoms with Crippen molar-refractivity contribution in [3.63, 3.8) is 0 Å².